The standard InChI is InChI=1S/C11H10BrN3O3/c1-15-10(13-6-14-15)5-18-9-4-7(11(16)17)2-3-8(9)12/h2-4,6H,5H2,1H3,(H,16,17). The predicted molar refractivity (Wildman–Crippen MR) is 66.4 cm³/mol. The van der Waals surface area contributed by atoms with E-state index in [1.807, 2.05) is 0 Å². The molecule has 2 aromatic rings. The van der Waals surface area contributed by atoms with Crippen LogP contribution in [0.3, 0.4) is 0 Å². The molecule has 2 rings (SSSR count). The number of ether oxygens (including phenoxy) is 1. The Hall–Kier alpha value is -1.89. The van der Waals surface area contributed by atoms with Crippen LogP contribution in [0.15, 0.2) is 29.0 Å². The zero-order valence-corrected chi connectivity index (χ0v) is 11.1. The van der Waals surface area contributed by atoms with E-state index in [0.717, 1.165) is 0 Å². The van der Waals surface area contributed by atoms with Crippen LogP contribution in [0.25, 0.3) is 0 Å². The highest BCUT2D eigenvalue weighted by molar-refractivity contribution is 9.10. The van der Waals surface area contributed by atoms with Crippen molar-refractivity contribution < 1.29 is 14.6 Å². The van der Waals surface area contributed by atoms with Crippen molar-refractivity contribution >= 4 is 21.9 Å². The van der Waals surface area contributed by atoms with Crippen LogP contribution >= 0.6 is 15.9 Å². The zero-order valence-electron chi connectivity index (χ0n) is 9.50. The number of hydrogen-bond donors (Lipinski definition) is 1. The molecular weight excluding hydrogens is 302 g/mol. The molecule has 0 aliphatic rings. The van der Waals surface area contributed by atoms with E-state index in [9.17, 15) is 4.79 Å². The van der Waals surface area contributed by atoms with Crippen LogP contribution in [0, 0.1) is 0 Å². The summed E-state index contributed by atoms with van der Waals surface area (Å²) >= 11 is 3.30. The Morgan fingerprint density at radius 3 is 2.94 bits per heavy atom. The number of halogens is 1. The first-order valence-corrected chi connectivity index (χ1v) is 5.85. The van der Waals surface area contributed by atoms with E-state index in [-0.39, 0.29) is 12.2 Å². The molecule has 0 unspecified atom stereocenters. The van der Waals surface area contributed by atoms with Gasteiger partial charge < -0.3 is 9.84 Å². The van der Waals surface area contributed by atoms with Gasteiger partial charge in [-0.2, -0.15) is 5.10 Å². The SMILES string of the molecule is Cn1ncnc1COc1cc(C(=O)O)ccc1Br. The molecule has 6 nitrogen and oxygen atoms in total. The molecule has 1 N–H and O–H groups in total. The van der Waals surface area contributed by atoms with Gasteiger partial charge in [0.1, 0.15) is 18.7 Å². The molecule has 0 saturated carbocycles. The van der Waals surface area contributed by atoms with Crippen molar-refractivity contribution in [3.63, 3.8) is 0 Å². The average Bonchev–Trinajstić information content (AvgIpc) is 2.73. The Morgan fingerprint density at radius 1 is 1.56 bits per heavy atom. The maximum atomic E-state index is 10.9. The van der Waals surface area contributed by atoms with Crippen LogP contribution in [0.2, 0.25) is 0 Å². The van der Waals surface area contributed by atoms with Gasteiger partial charge in [-0.1, -0.05) is 0 Å². The Labute approximate surface area is 111 Å². The second-order valence-electron chi connectivity index (χ2n) is 3.54. The topological polar surface area (TPSA) is 77.2 Å². The van der Waals surface area contributed by atoms with Crippen LogP contribution in [-0.2, 0) is 13.7 Å². The van der Waals surface area contributed by atoms with Gasteiger partial charge in [-0.25, -0.2) is 9.78 Å². The van der Waals surface area contributed by atoms with Gasteiger partial charge in [-0.3, -0.25) is 4.68 Å². The number of aromatic carboxylic acids is 1. The second kappa shape index (κ2) is 5.18. The summed E-state index contributed by atoms with van der Waals surface area (Å²) in [5, 5.41) is 12.8. The minimum Gasteiger partial charge on any atom is -0.484 e. The third-order valence-electron chi connectivity index (χ3n) is 2.34. The van der Waals surface area contributed by atoms with Gasteiger partial charge in [0.25, 0.3) is 0 Å². The predicted octanol–water partition coefficient (Wildman–Crippen LogP) is 1.85. The highest BCUT2D eigenvalue weighted by Gasteiger charge is 2.09. The minimum absolute atomic E-state index is 0.172. The number of rotatable bonds is 4. The van der Waals surface area contributed by atoms with Crippen LogP contribution in [0.5, 0.6) is 5.75 Å². The summed E-state index contributed by atoms with van der Waals surface area (Å²) in [5.74, 6) is 0.117. The lowest BCUT2D eigenvalue weighted by Gasteiger charge is -2.08. The fourth-order valence-corrected chi connectivity index (χ4v) is 1.70. The molecular formula is C11H10BrN3O3. The summed E-state index contributed by atoms with van der Waals surface area (Å²) in [4.78, 5) is 14.9. The Morgan fingerprint density at radius 2 is 2.33 bits per heavy atom. The van der Waals surface area contributed by atoms with Gasteiger partial charge in [0.2, 0.25) is 0 Å². The molecule has 0 saturated heterocycles. The van der Waals surface area contributed by atoms with Crippen LogP contribution in [0.1, 0.15) is 16.2 Å². The van der Waals surface area contributed by atoms with Gasteiger partial charge in [-0.15, -0.1) is 0 Å². The highest BCUT2D eigenvalue weighted by Crippen LogP contribution is 2.26. The maximum Gasteiger partial charge on any atom is 0.335 e. The monoisotopic (exact) mass is 311 g/mol. The number of nitrogens with zero attached hydrogens (tertiary/aromatic N) is 3. The molecule has 1 aromatic heterocycles. The van der Waals surface area contributed by atoms with Gasteiger partial charge in [0.05, 0.1) is 10.0 Å². The van der Waals surface area contributed by atoms with Crippen LogP contribution in [0.4, 0.5) is 0 Å². The molecule has 0 radical (unpaired) electrons. The van der Waals surface area contributed by atoms with Gasteiger partial charge in [0, 0.05) is 7.05 Å². The van der Waals surface area contributed by atoms with E-state index in [0.29, 0.717) is 16.0 Å². The molecule has 1 heterocycles. The van der Waals surface area contributed by atoms with Gasteiger partial charge in [-0.05, 0) is 34.1 Å². The Balaban J connectivity index is 2.16. The number of carbonyl (C=O) groups is 1. The van der Waals surface area contributed by atoms with Crippen LogP contribution in [-0.4, -0.2) is 25.8 Å². The molecule has 1 aromatic carbocycles. The Kier molecular flexibility index (Phi) is 3.61. The lowest BCUT2D eigenvalue weighted by molar-refractivity contribution is 0.0696. The van der Waals surface area contributed by atoms with E-state index >= 15 is 0 Å². The van der Waals surface area contributed by atoms with E-state index in [1.165, 1.54) is 18.5 Å². The number of carboxylic acid groups (broad SMARTS) is 1. The van der Waals surface area contributed by atoms with Crippen molar-refractivity contribution in [1.82, 2.24) is 14.8 Å². The van der Waals surface area contributed by atoms with Crippen molar-refractivity contribution in [3.05, 3.63) is 40.4 Å². The number of benzene rings is 1. The molecule has 0 fully saturated rings. The van der Waals surface area contributed by atoms with Crippen molar-refractivity contribution in [1.29, 1.82) is 0 Å². The van der Waals surface area contributed by atoms with Crippen molar-refractivity contribution in [2.24, 2.45) is 7.05 Å². The lowest BCUT2D eigenvalue weighted by Crippen LogP contribution is -2.05. The summed E-state index contributed by atoms with van der Waals surface area (Å²) in [7, 11) is 1.76. The summed E-state index contributed by atoms with van der Waals surface area (Å²) in [6.45, 7) is 0.220. The third-order valence-corrected chi connectivity index (χ3v) is 3.00. The third kappa shape index (κ3) is 2.67. The minimum atomic E-state index is -0.994. The van der Waals surface area contributed by atoms with Crippen molar-refractivity contribution in [3.8, 4) is 5.75 Å². The van der Waals surface area contributed by atoms with Gasteiger partial charge >= 0.3 is 5.97 Å². The summed E-state index contributed by atoms with van der Waals surface area (Å²) in [6.07, 6.45) is 1.43. The maximum absolute atomic E-state index is 10.9. The zero-order chi connectivity index (χ0) is 13.1. The first-order chi connectivity index (χ1) is 8.58. The molecule has 18 heavy (non-hydrogen) atoms. The van der Waals surface area contributed by atoms with Crippen molar-refractivity contribution in [2.75, 3.05) is 0 Å². The fraction of sp³-hybridized carbons (Fsp3) is 0.182. The highest BCUT2D eigenvalue weighted by atomic mass is 79.9. The number of aromatic nitrogens is 3. The molecule has 0 spiro atoms. The van der Waals surface area contributed by atoms with Gasteiger partial charge in [0.15, 0.2) is 5.82 Å². The number of aryl methyl sites for hydroxylation is 1. The molecule has 0 bridgehead atoms. The van der Waals surface area contributed by atoms with Crippen molar-refractivity contribution in [2.45, 2.75) is 6.61 Å². The van der Waals surface area contributed by atoms with E-state index in [2.05, 4.69) is 26.0 Å². The van der Waals surface area contributed by atoms with Crippen LogP contribution < -0.4 is 4.74 Å². The number of carboxylic acids is 1. The van der Waals surface area contributed by atoms with E-state index in [1.54, 1.807) is 17.8 Å². The summed E-state index contributed by atoms with van der Waals surface area (Å²) in [5.41, 5.74) is 0.172. The van der Waals surface area contributed by atoms with E-state index in [4.69, 9.17) is 9.84 Å². The largest absolute Gasteiger partial charge is 0.484 e. The lowest BCUT2D eigenvalue weighted by atomic mass is 10.2. The molecule has 7 heteroatoms. The Bertz CT molecular complexity index is 583. The molecule has 0 amide bonds. The fourth-order valence-electron chi connectivity index (χ4n) is 1.34. The smallest absolute Gasteiger partial charge is 0.335 e. The molecule has 94 valence electrons. The van der Waals surface area contributed by atoms with E-state index < -0.39 is 5.97 Å². The average molecular weight is 312 g/mol. The first-order valence-electron chi connectivity index (χ1n) is 5.06. The quantitative estimate of drug-likeness (QED) is 0.932. The normalized spacial score (nSPS) is 10.3. The second-order valence-corrected chi connectivity index (χ2v) is 4.39. The summed E-state index contributed by atoms with van der Waals surface area (Å²) < 4.78 is 7.80. The molecule has 0 atom stereocenters. The summed E-state index contributed by atoms with van der Waals surface area (Å²) in [6, 6.07) is 4.60. The molecule has 0 aliphatic carbocycles. The molecule has 0 aliphatic heterocycles. The first kappa shape index (κ1) is 12.6. The number of hydrogen-bond acceptors (Lipinski definition) is 4.